The van der Waals surface area contributed by atoms with E-state index >= 15 is 0 Å². The molecule has 0 aliphatic carbocycles. The monoisotopic (exact) mass is 254 g/mol. The molecular formula is C13H22N2O3. The number of carbonyl (C=O) groups excluding carboxylic acids is 1. The molecule has 1 heterocycles. The van der Waals surface area contributed by atoms with Gasteiger partial charge >= 0.3 is 0 Å². The van der Waals surface area contributed by atoms with Crippen molar-refractivity contribution in [3.05, 3.63) is 23.7 Å². The van der Waals surface area contributed by atoms with E-state index in [-0.39, 0.29) is 18.0 Å². The maximum absolute atomic E-state index is 11.7. The van der Waals surface area contributed by atoms with E-state index in [9.17, 15) is 4.79 Å². The number of rotatable bonds is 7. The molecule has 0 bridgehead atoms. The molecule has 1 aromatic heterocycles. The molecule has 5 heteroatoms. The molecule has 5 nitrogen and oxygen atoms in total. The Balaban J connectivity index is 2.39. The summed E-state index contributed by atoms with van der Waals surface area (Å²) in [6.07, 6.45) is 0. The summed E-state index contributed by atoms with van der Waals surface area (Å²) in [7, 11) is 1.61. The Morgan fingerprint density at radius 1 is 1.44 bits per heavy atom. The number of hydrogen-bond donors (Lipinski definition) is 2. The van der Waals surface area contributed by atoms with Gasteiger partial charge in [0, 0.05) is 13.7 Å². The fourth-order valence-corrected chi connectivity index (χ4v) is 1.65. The predicted molar refractivity (Wildman–Crippen MR) is 69.3 cm³/mol. The van der Waals surface area contributed by atoms with Crippen molar-refractivity contribution in [2.75, 3.05) is 20.3 Å². The third-order valence-electron chi connectivity index (χ3n) is 2.69. The second-order valence-corrected chi connectivity index (χ2v) is 4.34. The first-order valence-electron chi connectivity index (χ1n) is 6.13. The molecule has 18 heavy (non-hydrogen) atoms. The summed E-state index contributed by atoms with van der Waals surface area (Å²) >= 11 is 0. The van der Waals surface area contributed by atoms with E-state index in [4.69, 9.17) is 9.15 Å². The minimum atomic E-state index is -0.276. The molecule has 2 unspecified atom stereocenters. The number of carbonyl (C=O) groups is 1. The van der Waals surface area contributed by atoms with Crippen molar-refractivity contribution >= 4 is 5.91 Å². The summed E-state index contributed by atoms with van der Waals surface area (Å²) in [4.78, 5) is 11.7. The average molecular weight is 254 g/mol. The van der Waals surface area contributed by atoms with Gasteiger partial charge in [-0.1, -0.05) is 0 Å². The SMILES string of the molecule is COCCNC(=O)C(C)NC(C)c1ccc(C)o1. The van der Waals surface area contributed by atoms with Crippen LogP contribution in [0, 0.1) is 6.92 Å². The lowest BCUT2D eigenvalue weighted by molar-refractivity contribution is -0.123. The molecule has 0 aliphatic rings. The van der Waals surface area contributed by atoms with Gasteiger partial charge in [0.25, 0.3) is 0 Å². The van der Waals surface area contributed by atoms with E-state index in [0.717, 1.165) is 11.5 Å². The maximum atomic E-state index is 11.7. The van der Waals surface area contributed by atoms with Crippen molar-refractivity contribution in [3.8, 4) is 0 Å². The highest BCUT2D eigenvalue weighted by Crippen LogP contribution is 2.15. The van der Waals surface area contributed by atoms with Crippen LogP contribution in [0.5, 0.6) is 0 Å². The molecule has 102 valence electrons. The van der Waals surface area contributed by atoms with Crippen LogP contribution in [0.1, 0.15) is 31.4 Å². The Morgan fingerprint density at radius 3 is 2.72 bits per heavy atom. The Morgan fingerprint density at radius 2 is 2.17 bits per heavy atom. The topological polar surface area (TPSA) is 63.5 Å². The lowest BCUT2D eigenvalue weighted by atomic mass is 10.2. The van der Waals surface area contributed by atoms with Crippen LogP contribution in [-0.4, -0.2) is 32.2 Å². The van der Waals surface area contributed by atoms with Gasteiger partial charge in [-0.3, -0.25) is 10.1 Å². The van der Waals surface area contributed by atoms with E-state index in [1.807, 2.05) is 32.9 Å². The van der Waals surface area contributed by atoms with Crippen LogP contribution < -0.4 is 10.6 Å². The van der Waals surface area contributed by atoms with E-state index in [1.54, 1.807) is 7.11 Å². The molecule has 1 aromatic rings. The second kappa shape index (κ2) is 7.18. The van der Waals surface area contributed by atoms with E-state index in [2.05, 4.69) is 10.6 Å². The number of hydrogen-bond acceptors (Lipinski definition) is 4. The predicted octanol–water partition coefficient (Wildman–Crippen LogP) is 1.39. The first-order chi connectivity index (χ1) is 8.54. The summed E-state index contributed by atoms with van der Waals surface area (Å²) in [6.45, 7) is 6.74. The third kappa shape index (κ3) is 4.50. The molecule has 0 fully saturated rings. The summed E-state index contributed by atoms with van der Waals surface area (Å²) < 4.78 is 10.4. The van der Waals surface area contributed by atoms with Gasteiger partial charge in [-0.2, -0.15) is 0 Å². The summed E-state index contributed by atoms with van der Waals surface area (Å²) in [5.74, 6) is 1.67. The molecule has 0 aromatic carbocycles. The number of aryl methyl sites for hydroxylation is 1. The van der Waals surface area contributed by atoms with Crippen molar-refractivity contribution in [2.24, 2.45) is 0 Å². The largest absolute Gasteiger partial charge is 0.465 e. The van der Waals surface area contributed by atoms with Gasteiger partial charge in [-0.25, -0.2) is 0 Å². The molecular weight excluding hydrogens is 232 g/mol. The zero-order valence-corrected chi connectivity index (χ0v) is 11.4. The Hall–Kier alpha value is -1.33. The fraction of sp³-hybridized carbons (Fsp3) is 0.615. The number of nitrogens with one attached hydrogen (secondary N) is 2. The van der Waals surface area contributed by atoms with Gasteiger partial charge in [0.1, 0.15) is 11.5 Å². The first kappa shape index (κ1) is 14.7. The van der Waals surface area contributed by atoms with E-state index in [0.29, 0.717) is 13.2 Å². The minimum absolute atomic E-state index is 0.00174. The summed E-state index contributed by atoms with van der Waals surface area (Å²) in [5, 5.41) is 5.98. The molecule has 0 spiro atoms. The zero-order valence-electron chi connectivity index (χ0n) is 11.4. The van der Waals surface area contributed by atoms with Crippen LogP contribution in [0.25, 0.3) is 0 Å². The standard InChI is InChI=1S/C13H22N2O3/c1-9-5-6-12(18-9)10(2)15-11(3)13(16)14-7-8-17-4/h5-6,10-11,15H,7-8H2,1-4H3,(H,14,16). The van der Waals surface area contributed by atoms with Crippen molar-refractivity contribution in [2.45, 2.75) is 32.9 Å². The first-order valence-corrected chi connectivity index (χ1v) is 6.13. The number of furan rings is 1. The Kier molecular flexibility index (Phi) is 5.88. The van der Waals surface area contributed by atoms with Gasteiger partial charge in [-0.15, -0.1) is 0 Å². The smallest absolute Gasteiger partial charge is 0.236 e. The quantitative estimate of drug-likeness (QED) is 0.722. The van der Waals surface area contributed by atoms with Crippen molar-refractivity contribution < 1.29 is 13.9 Å². The van der Waals surface area contributed by atoms with E-state index in [1.165, 1.54) is 0 Å². The minimum Gasteiger partial charge on any atom is -0.465 e. The lowest BCUT2D eigenvalue weighted by Crippen LogP contribution is -2.43. The van der Waals surface area contributed by atoms with Crippen LogP contribution in [0.2, 0.25) is 0 Å². The number of ether oxygens (including phenoxy) is 1. The molecule has 2 N–H and O–H groups in total. The highest BCUT2D eigenvalue weighted by atomic mass is 16.5. The number of methoxy groups -OCH3 is 1. The Bertz CT molecular complexity index is 376. The normalized spacial score (nSPS) is 14.2. The van der Waals surface area contributed by atoms with Gasteiger partial charge in [-0.05, 0) is 32.9 Å². The van der Waals surface area contributed by atoms with Crippen molar-refractivity contribution in [3.63, 3.8) is 0 Å². The van der Waals surface area contributed by atoms with Crippen molar-refractivity contribution in [1.29, 1.82) is 0 Å². The fourth-order valence-electron chi connectivity index (χ4n) is 1.65. The molecule has 1 amide bonds. The highest BCUT2D eigenvalue weighted by Gasteiger charge is 2.17. The maximum Gasteiger partial charge on any atom is 0.236 e. The molecule has 0 radical (unpaired) electrons. The third-order valence-corrected chi connectivity index (χ3v) is 2.69. The van der Waals surface area contributed by atoms with Crippen LogP contribution in [-0.2, 0) is 9.53 Å². The van der Waals surface area contributed by atoms with Crippen LogP contribution in [0.4, 0.5) is 0 Å². The van der Waals surface area contributed by atoms with Gasteiger partial charge in [0.15, 0.2) is 0 Å². The molecule has 2 atom stereocenters. The molecule has 0 saturated heterocycles. The van der Waals surface area contributed by atoms with Gasteiger partial charge in [0.05, 0.1) is 18.7 Å². The zero-order chi connectivity index (χ0) is 13.5. The van der Waals surface area contributed by atoms with Crippen molar-refractivity contribution in [1.82, 2.24) is 10.6 Å². The summed E-state index contributed by atoms with van der Waals surface area (Å²) in [6, 6.07) is 3.56. The molecule has 0 saturated carbocycles. The molecule has 1 rings (SSSR count). The second-order valence-electron chi connectivity index (χ2n) is 4.34. The van der Waals surface area contributed by atoms with Gasteiger partial charge < -0.3 is 14.5 Å². The summed E-state index contributed by atoms with van der Waals surface area (Å²) in [5.41, 5.74) is 0. The van der Waals surface area contributed by atoms with Crippen LogP contribution >= 0.6 is 0 Å². The average Bonchev–Trinajstić information content (AvgIpc) is 2.76. The Labute approximate surface area is 108 Å². The van der Waals surface area contributed by atoms with Crippen LogP contribution in [0.3, 0.4) is 0 Å². The lowest BCUT2D eigenvalue weighted by Gasteiger charge is -2.18. The molecule has 0 aliphatic heterocycles. The highest BCUT2D eigenvalue weighted by molar-refractivity contribution is 5.81. The number of amides is 1. The van der Waals surface area contributed by atoms with Crippen LogP contribution in [0.15, 0.2) is 16.5 Å². The van der Waals surface area contributed by atoms with Gasteiger partial charge in [0.2, 0.25) is 5.91 Å². The van der Waals surface area contributed by atoms with E-state index < -0.39 is 0 Å².